The van der Waals surface area contributed by atoms with Crippen LogP contribution in [-0.2, 0) is 14.6 Å². The highest BCUT2D eigenvalue weighted by molar-refractivity contribution is 7.92. The Labute approximate surface area is 156 Å². The summed E-state index contributed by atoms with van der Waals surface area (Å²) >= 11 is 11.8. The monoisotopic (exact) mass is 395 g/mol. The molecule has 0 N–H and O–H groups in total. The Bertz CT molecular complexity index is 920. The lowest BCUT2D eigenvalue weighted by molar-refractivity contribution is 0.162. The van der Waals surface area contributed by atoms with Gasteiger partial charge in [0.05, 0.1) is 22.8 Å². The fraction of sp³-hybridized carbons (Fsp3) is 0.278. The largest absolute Gasteiger partial charge is 0.383 e. The zero-order valence-corrected chi connectivity index (χ0v) is 15.6. The Balaban J connectivity index is 2.07. The maximum absolute atomic E-state index is 13.1. The van der Waals surface area contributed by atoms with Crippen LogP contribution >= 0.6 is 23.2 Å². The zero-order chi connectivity index (χ0) is 18.2. The standard InChI is InChI=1S/C18H15Cl2NO3S/c1-24-11-18(10-21)16(12-2-4-13(19)5-3-12)17(18)25(22,23)15-8-6-14(20)7-9-15/h2-9,16-17H,11H2,1H3/t16-,17+,18-/m1/s1. The highest BCUT2D eigenvalue weighted by Gasteiger charge is 2.72. The zero-order valence-electron chi connectivity index (χ0n) is 13.3. The van der Waals surface area contributed by atoms with Crippen molar-refractivity contribution in [3.8, 4) is 6.07 Å². The van der Waals surface area contributed by atoms with Crippen molar-refractivity contribution in [2.24, 2.45) is 5.41 Å². The summed E-state index contributed by atoms with van der Waals surface area (Å²) in [6.45, 7) is 0.0360. The van der Waals surface area contributed by atoms with E-state index in [1.165, 1.54) is 31.4 Å². The number of hydrogen-bond donors (Lipinski definition) is 0. The molecule has 0 aliphatic heterocycles. The molecular formula is C18H15Cl2NO3S. The first-order valence-electron chi connectivity index (χ1n) is 7.52. The summed E-state index contributed by atoms with van der Waals surface area (Å²) in [6, 6.07) is 15.1. The molecule has 1 fully saturated rings. The van der Waals surface area contributed by atoms with Gasteiger partial charge in [0.1, 0.15) is 5.41 Å². The second kappa shape index (κ2) is 6.62. The molecule has 1 aliphatic rings. The Morgan fingerprint density at radius 3 is 2.08 bits per heavy atom. The average Bonchev–Trinajstić information content (AvgIpc) is 3.26. The van der Waals surface area contributed by atoms with Gasteiger partial charge in [0, 0.05) is 23.1 Å². The first kappa shape index (κ1) is 18.2. The van der Waals surface area contributed by atoms with Gasteiger partial charge in [-0.2, -0.15) is 5.26 Å². The third-order valence-electron chi connectivity index (χ3n) is 4.55. The summed E-state index contributed by atoms with van der Waals surface area (Å²) in [5.41, 5.74) is -0.369. The Kier molecular flexibility index (Phi) is 4.82. The molecule has 0 unspecified atom stereocenters. The van der Waals surface area contributed by atoms with E-state index in [-0.39, 0.29) is 11.5 Å². The molecule has 3 atom stereocenters. The quantitative estimate of drug-likeness (QED) is 0.764. The van der Waals surface area contributed by atoms with Crippen LogP contribution in [0.2, 0.25) is 10.0 Å². The highest BCUT2D eigenvalue weighted by atomic mass is 35.5. The van der Waals surface area contributed by atoms with Gasteiger partial charge in [-0.3, -0.25) is 0 Å². The molecule has 7 heteroatoms. The van der Waals surface area contributed by atoms with Gasteiger partial charge in [-0.1, -0.05) is 35.3 Å². The maximum atomic E-state index is 13.1. The molecule has 3 rings (SSSR count). The van der Waals surface area contributed by atoms with Crippen molar-refractivity contribution in [2.75, 3.05) is 13.7 Å². The minimum Gasteiger partial charge on any atom is -0.383 e. The number of nitriles is 1. The van der Waals surface area contributed by atoms with Crippen LogP contribution in [0.3, 0.4) is 0 Å². The number of benzene rings is 2. The van der Waals surface area contributed by atoms with Crippen molar-refractivity contribution in [1.29, 1.82) is 5.26 Å². The van der Waals surface area contributed by atoms with Gasteiger partial charge in [0.2, 0.25) is 0 Å². The molecular weight excluding hydrogens is 381 g/mol. The van der Waals surface area contributed by atoms with Crippen LogP contribution in [0.5, 0.6) is 0 Å². The van der Waals surface area contributed by atoms with Gasteiger partial charge >= 0.3 is 0 Å². The highest BCUT2D eigenvalue weighted by Crippen LogP contribution is 2.63. The van der Waals surface area contributed by atoms with Crippen LogP contribution in [0.25, 0.3) is 0 Å². The molecule has 0 radical (unpaired) electrons. The van der Waals surface area contributed by atoms with Crippen molar-refractivity contribution < 1.29 is 13.2 Å². The van der Waals surface area contributed by atoms with Gasteiger partial charge in [0.25, 0.3) is 0 Å². The van der Waals surface area contributed by atoms with Crippen LogP contribution in [0.1, 0.15) is 11.5 Å². The number of nitrogens with zero attached hydrogens (tertiary/aromatic N) is 1. The summed E-state index contributed by atoms with van der Waals surface area (Å²) in [6.07, 6.45) is 0. The predicted molar refractivity (Wildman–Crippen MR) is 96.5 cm³/mol. The molecule has 25 heavy (non-hydrogen) atoms. The lowest BCUT2D eigenvalue weighted by atomic mass is 10.0. The molecule has 0 bridgehead atoms. The van der Waals surface area contributed by atoms with Crippen LogP contribution in [0.4, 0.5) is 0 Å². The fourth-order valence-electron chi connectivity index (χ4n) is 3.35. The van der Waals surface area contributed by atoms with E-state index in [0.717, 1.165) is 5.56 Å². The van der Waals surface area contributed by atoms with Crippen molar-refractivity contribution in [3.63, 3.8) is 0 Å². The van der Waals surface area contributed by atoms with Crippen LogP contribution in [-0.4, -0.2) is 27.4 Å². The second-order valence-electron chi connectivity index (χ2n) is 6.03. The van der Waals surface area contributed by atoms with E-state index in [2.05, 4.69) is 6.07 Å². The SMILES string of the molecule is COC[C@]1(C#N)[C@H](c2ccc(Cl)cc2)[C@@H]1S(=O)(=O)c1ccc(Cl)cc1. The smallest absolute Gasteiger partial charge is 0.183 e. The Morgan fingerprint density at radius 1 is 1.08 bits per heavy atom. The van der Waals surface area contributed by atoms with E-state index in [0.29, 0.717) is 10.0 Å². The summed E-state index contributed by atoms with van der Waals surface area (Å²) in [7, 11) is -2.27. The molecule has 0 heterocycles. The van der Waals surface area contributed by atoms with E-state index >= 15 is 0 Å². The molecule has 2 aromatic rings. The third-order valence-corrected chi connectivity index (χ3v) is 7.35. The average molecular weight is 396 g/mol. The molecule has 2 aromatic carbocycles. The van der Waals surface area contributed by atoms with E-state index in [9.17, 15) is 13.7 Å². The number of halogens is 2. The first-order valence-corrected chi connectivity index (χ1v) is 9.82. The van der Waals surface area contributed by atoms with Gasteiger partial charge < -0.3 is 4.74 Å². The predicted octanol–water partition coefficient (Wildman–Crippen LogP) is 4.09. The lowest BCUT2D eigenvalue weighted by Gasteiger charge is -2.08. The third kappa shape index (κ3) is 3.04. The van der Waals surface area contributed by atoms with Crippen molar-refractivity contribution >= 4 is 33.0 Å². The van der Waals surface area contributed by atoms with Gasteiger partial charge in [-0.25, -0.2) is 8.42 Å². The Hall–Kier alpha value is -1.58. The number of methoxy groups -OCH3 is 1. The fourth-order valence-corrected chi connectivity index (χ4v) is 5.91. The van der Waals surface area contributed by atoms with Crippen LogP contribution in [0, 0.1) is 16.7 Å². The molecule has 4 nitrogen and oxygen atoms in total. The summed E-state index contributed by atoms with van der Waals surface area (Å²) in [4.78, 5) is 0.147. The minimum absolute atomic E-state index is 0.0360. The number of hydrogen-bond acceptors (Lipinski definition) is 4. The lowest BCUT2D eigenvalue weighted by Crippen LogP contribution is -2.19. The topological polar surface area (TPSA) is 67.2 Å². The number of ether oxygens (including phenoxy) is 1. The van der Waals surface area contributed by atoms with E-state index in [4.69, 9.17) is 27.9 Å². The van der Waals surface area contributed by atoms with Crippen molar-refractivity contribution in [3.05, 3.63) is 64.1 Å². The van der Waals surface area contributed by atoms with Crippen molar-refractivity contribution in [2.45, 2.75) is 16.1 Å². The molecule has 1 aliphatic carbocycles. The van der Waals surface area contributed by atoms with Gasteiger partial charge in [-0.15, -0.1) is 0 Å². The van der Waals surface area contributed by atoms with E-state index in [1.807, 2.05) is 0 Å². The van der Waals surface area contributed by atoms with Gasteiger partial charge in [-0.05, 0) is 42.0 Å². The number of sulfone groups is 1. The van der Waals surface area contributed by atoms with E-state index in [1.54, 1.807) is 24.3 Å². The maximum Gasteiger partial charge on any atom is 0.183 e. The summed E-state index contributed by atoms with van der Waals surface area (Å²) in [5.74, 6) is -0.476. The van der Waals surface area contributed by atoms with Crippen LogP contribution < -0.4 is 0 Å². The first-order chi connectivity index (χ1) is 11.9. The summed E-state index contributed by atoms with van der Waals surface area (Å²) < 4.78 is 31.4. The molecule has 0 saturated heterocycles. The molecule has 0 amide bonds. The van der Waals surface area contributed by atoms with Gasteiger partial charge in [0.15, 0.2) is 9.84 Å². The molecule has 1 saturated carbocycles. The molecule has 0 spiro atoms. The van der Waals surface area contributed by atoms with Crippen LogP contribution in [0.15, 0.2) is 53.4 Å². The normalized spacial score (nSPS) is 25.4. The minimum atomic E-state index is -3.73. The number of rotatable bonds is 5. The second-order valence-corrected chi connectivity index (χ2v) is 8.98. The van der Waals surface area contributed by atoms with Crippen molar-refractivity contribution in [1.82, 2.24) is 0 Å². The van der Waals surface area contributed by atoms with E-state index < -0.39 is 26.4 Å². The Morgan fingerprint density at radius 2 is 1.60 bits per heavy atom. The molecule has 0 aromatic heterocycles. The summed E-state index contributed by atoms with van der Waals surface area (Å²) in [5, 5.41) is 9.88. The molecule has 130 valence electrons.